The van der Waals surface area contributed by atoms with Crippen molar-refractivity contribution in [2.24, 2.45) is 5.73 Å². The maximum Gasteiger partial charge on any atom is 0.0713 e. The van der Waals surface area contributed by atoms with Crippen LogP contribution in [0.15, 0.2) is 24.3 Å². The van der Waals surface area contributed by atoms with Gasteiger partial charge in [0.05, 0.1) is 13.2 Å². The van der Waals surface area contributed by atoms with E-state index in [4.69, 9.17) is 15.2 Å². The number of piperidine rings is 1. The fourth-order valence-electron chi connectivity index (χ4n) is 2.99. The minimum Gasteiger partial charge on any atom is -0.383 e. The zero-order chi connectivity index (χ0) is 14.4. The highest BCUT2D eigenvalue weighted by atomic mass is 16.5. The van der Waals surface area contributed by atoms with Crippen LogP contribution in [0.5, 0.6) is 0 Å². The number of benzene rings is 1. The van der Waals surface area contributed by atoms with Crippen LogP contribution < -0.4 is 5.73 Å². The molecule has 4 heteroatoms. The molecule has 0 aromatic heterocycles. The molecule has 1 aromatic carbocycles. The van der Waals surface area contributed by atoms with E-state index in [9.17, 15) is 0 Å². The quantitative estimate of drug-likeness (QED) is 0.864. The maximum absolute atomic E-state index is 6.36. The Labute approximate surface area is 121 Å². The third kappa shape index (κ3) is 3.79. The van der Waals surface area contributed by atoms with Gasteiger partial charge in [-0.05, 0) is 30.5 Å². The van der Waals surface area contributed by atoms with Gasteiger partial charge >= 0.3 is 0 Å². The van der Waals surface area contributed by atoms with Crippen molar-refractivity contribution in [3.05, 3.63) is 35.4 Å². The van der Waals surface area contributed by atoms with Gasteiger partial charge in [0.15, 0.2) is 0 Å². The van der Waals surface area contributed by atoms with Gasteiger partial charge in [0, 0.05) is 32.8 Å². The molecule has 4 nitrogen and oxygen atoms in total. The number of nitrogens with two attached hydrogens (primary N) is 1. The monoisotopic (exact) mass is 278 g/mol. The summed E-state index contributed by atoms with van der Waals surface area (Å²) in [6, 6.07) is 9.14. The highest BCUT2D eigenvalue weighted by molar-refractivity contribution is 5.26. The second-order valence-corrected chi connectivity index (χ2v) is 5.45. The summed E-state index contributed by atoms with van der Waals surface area (Å²) in [5.41, 5.74) is 8.86. The summed E-state index contributed by atoms with van der Waals surface area (Å²) in [6.45, 7) is 3.45. The highest BCUT2D eigenvalue weighted by Crippen LogP contribution is 2.30. The molecule has 112 valence electrons. The van der Waals surface area contributed by atoms with E-state index in [1.807, 2.05) is 0 Å². The van der Waals surface area contributed by atoms with Crippen molar-refractivity contribution in [2.45, 2.75) is 31.5 Å². The van der Waals surface area contributed by atoms with Crippen molar-refractivity contribution < 1.29 is 9.47 Å². The first kappa shape index (κ1) is 15.4. The summed E-state index contributed by atoms with van der Waals surface area (Å²) in [5, 5.41) is 0. The predicted molar refractivity (Wildman–Crippen MR) is 80.6 cm³/mol. The maximum atomic E-state index is 6.36. The van der Waals surface area contributed by atoms with E-state index in [2.05, 4.69) is 29.2 Å². The Balaban J connectivity index is 2.12. The van der Waals surface area contributed by atoms with Crippen LogP contribution in [0.2, 0.25) is 0 Å². The number of ether oxygens (including phenoxy) is 2. The highest BCUT2D eigenvalue weighted by Gasteiger charge is 2.29. The molecule has 1 saturated heterocycles. The normalized spacial score (nSPS) is 23.9. The molecule has 1 aliphatic rings. The molecule has 1 heterocycles. The van der Waals surface area contributed by atoms with Gasteiger partial charge in [0.1, 0.15) is 0 Å². The molecule has 2 unspecified atom stereocenters. The van der Waals surface area contributed by atoms with Gasteiger partial charge in [-0.15, -0.1) is 0 Å². The van der Waals surface area contributed by atoms with Crippen molar-refractivity contribution in [2.75, 3.05) is 33.9 Å². The zero-order valence-corrected chi connectivity index (χ0v) is 12.5. The molecule has 1 aromatic rings. The summed E-state index contributed by atoms with van der Waals surface area (Å²) in [7, 11) is 3.47. The van der Waals surface area contributed by atoms with E-state index in [0.29, 0.717) is 12.6 Å². The fraction of sp³-hybridized carbons (Fsp3) is 0.625. The molecule has 1 aliphatic heterocycles. The average molecular weight is 278 g/mol. The average Bonchev–Trinajstić information content (AvgIpc) is 2.47. The second-order valence-electron chi connectivity index (χ2n) is 5.45. The molecule has 2 N–H and O–H groups in total. The van der Waals surface area contributed by atoms with E-state index < -0.39 is 0 Å². The Bertz CT molecular complexity index is 394. The van der Waals surface area contributed by atoms with Gasteiger partial charge in [-0.2, -0.15) is 0 Å². The third-order valence-corrected chi connectivity index (χ3v) is 4.00. The first-order valence-corrected chi connectivity index (χ1v) is 7.32. The molecular formula is C16H26N2O2. The number of hydrogen-bond acceptors (Lipinski definition) is 4. The Kier molecular flexibility index (Phi) is 5.98. The van der Waals surface area contributed by atoms with E-state index in [-0.39, 0.29) is 6.04 Å². The van der Waals surface area contributed by atoms with Crippen LogP contribution in [0.4, 0.5) is 0 Å². The van der Waals surface area contributed by atoms with Gasteiger partial charge in [0.25, 0.3) is 0 Å². The number of methoxy groups -OCH3 is 2. The topological polar surface area (TPSA) is 47.7 Å². The lowest BCUT2D eigenvalue weighted by atomic mass is 9.90. The molecule has 1 fully saturated rings. The molecule has 0 bridgehead atoms. The molecule has 0 amide bonds. The van der Waals surface area contributed by atoms with Crippen molar-refractivity contribution in [1.29, 1.82) is 0 Å². The number of hydrogen-bond donors (Lipinski definition) is 1. The van der Waals surface area contributed by atoms with Crippen LogP contribution in [0.25, 0.3) is 0 Å². The SMILES string of the molecule is COCCN1CCCC(N)C1c1ccc(COC)cc1. The van der Waals surface area contributed by atoms with Crippen LogP contribution in [0.3, 0.4) is 0 Å². The Morgan fingerprint density at radius 3 is 2.60 bits per heavy atom. The van der Waals surface area contributed by atoms with Crippen LogP contribution >= 0.6 is 0 Å². The van der Waals surface area contributed by atoms with Crippen molar-refractivity contribution in [3.8, 4) is 0 Å². The van der Waals surface area contributed by atoms with Gasteiger partial charge in [0.2, 0.25) is 0 Å². The lowest BCUT2D eigenvalue weighted by Crippen LogP contribution is -2.46. The lowest BCUT2D eigenvalue weighted by molar-refractivity contribution is 0.0848. The fourth-order valence-corrected chi connectivity index (χ4v) is 2.99. The minimum absolute atomic E-state index is 0.203. The first-order valence-electron chi connectivity index (χ1n) is 7.32. The van der Waals surface area contributed by atoms with Gasteiger partial charge < -0.3 is 15.2 Å². The molecule has 0 radical (unpaired) electrons. The smallest absolute Gasteiger partial charge is 0.0713 e. The lowest BCUT2D eigenvalue weighted by Gasteiger charge is -2.40. The van der Waals surface area contributed by atoms with E-state index in [1.165, 1.54) is 17.5 Å². The third-order valence-electron chi connectivity index (χ3n) is 4.00. The van der Waals surface area contributed by atoms with Crippen molar-refractivity contribution in [1.82, 2.24) is 4.90 Å². The minimum atomic E-state index is 0.203. The summed E-state index contributed by atoms with van der Waals surface area (Å²) in [6.07, 6.45) is 2.26. The Hall–Kier alpha value is -0.940. The largest absolute Gasteiger partial charge is 0.383 e. The molecular weight excluding hydrogens is 252 g/mol. The van der Waals surface area contributed by atoms with Crippen molar-refractivity contribution in [3.63, 3.8) is 0 Å². The number of likely N-dealkylation sites (tertiary alicyclic amines) is 1. The zero-order valence-electron chi connectivity index (χ0n) is 12.5. The Morgan fingerprint density at radius 2 is 1.95 bits per heavy atom. The Morgan fingerprint density at radius 1 is 1.20 bits per heavy atom. The molecule has 2 rings (SSSR count). The number of rotatable bonds is 6. The predicted octanol–water partition coefficient (Wildman–Crippen LogP) is 1.94. The van der Waals surface area contributed by atoms with E-state index >= 15 is 0 Å². The van der Waals surface area contributed by atoms with Gasteiger partial charge in [-0.3, -0.25) is 4.90 Å². The van der Waals surface area contributed by atoms with Crippen LogP contribution in [0.1, 0.15) is 30.0 Å². The van der Waals surface area contributed by atoms with Crippen LogP contribution in [-0.2, 0) is 16.1 Å². The van der Waals surface area contributed by atoms with Gasteiger partial charge in [-0.25, -0.2) is 0 Å². The summed E-state index contributed by atoms with van der Waals surface area (Å²) in [5.74, 6) is 0. The standard InChI is InChI=1S/C16H26N2O2/c1-19-11-10-18-9-3-4-15(17)16(18)14-7-5-13(6-8-14)12-20-2/h5-8,15-16H,3-4,9-12,17H2,1-2H3. The molecule has 0 aliphatic carbocycles. The van der Waals surface area contributed by atoms with Crippen LogP contribution in [0, 0.1) is 0 Å². The first-order chi connectivity index (χ1) is 9.76. The van der Waals surface area contributed by atoms with E-state index in [1.54, 1.807) is 14.2 Å². The summed E-state index contributed by atoms with van der Waals surface area (Å²) >= 11 is 0. The van der Waals surface area contributed by atoms with Crippen molar-refractivity contribution >= 4 is 0 Å². The molecule has 20 heavy (non-hydrogen) atoms. The van der Waals surface area contributed by atoms with E-state index in [0.717, 1.165) is 26.1 Å². The summed E-state index contributed by atoms with van der Waals surface area (Å²) in [4.78, 5) is 2.45. The number of nitrogens with zero attached hydrogens (tertiary/aromatic N) is 1. The molecule has 0 saturated carbocycles. The molecule has 0 spiro atoms. The molecule has 2 atom stereocenters. The van der Waals surface area contributed by atoms with Crippen LogP contribution in [-0.4, -0.2) is 44.9 Å². The summed E-state index contributed by atoms with van der Waals surface area (Å²) < 4.78 is 10.4. The second kappa shape index (κ2) is 7.74. The van der Waals surface area contributed by atoms with Gasteiger partial charge in [-0.1, -0.05) is 24.3 Å².